The van der Waals surface area contributed by atoms with Gasteiger partial charge < -0.3 is 10.6 Å². The first-order valence-electron chi connectivity index (χ1n) is 6.27. The van der Waals surface area contributed by atoms with E-state index < -0.39 is 27.2 Å². The maximum Gasteiger partial charge on any atom is 0.390 e. The van der Waals surface area contributed by atoms with Crippen LogP contribution >= 0.6 is 0 Å². The van der Waals surface area contributed by atoms with Crippen LogP contribution in [-0.2, 0) is 11.9 Å². The van der Waals surface area contributed by atoms with Crippen molar-refractivity contribution in [2.45, 2.75) is 0 Å². The Hall–Kier alpha value is -3.83. The summed E-state index contributed by atoms with van der Waals surface area (Å²) >= 11 is 0. The van der Waals surface area contributed by atoms with Gasteiger partial charge in [-0.3, -0.25) is 24.9 Å². The van der Waals surface area contributed by atoms with Gasteiger partial charge in [0.2, 0.25) is 5.69 Å². The van der Waals surface area contributed by atoms with Crippen LogP contribution in [0.5, 0.6) is 0 Å². The van der Waals surface area contributed by atoms with Gasteiger partial charge in [-0.15, -0.1) is 0 Å². The molecular weight excluding hydrogens is 324 g/mol. The Labute approximate surface area is 133 Å². The van der Waals surface area contributed by atoms with E-state index in [1.54, 1.807) is 0 Å². The molecule has 0 bridgehead atoms. The van der Waals surface area contributed by atoms with Crippen molar-refractivity contribution in [1.82, 2.24) is 9.78 Å². The molecule has 0 aliphatic rings. The summed E-state index contributed by atoms with van der Waals surface area (Å²) in [6.45, 7) is 0. The van der Waals surface area contributed by atoms with Gasteiger partial charge in [0.1, 0.15) is 6.20 Å². The number of aryl methyl sites for hydroxylation is 1. The number of rotatable bonds is 5. The van der Waals surface area contributed by atoms with Crippen molar-refractivity contribution in [2.24, 2.45) is 17.9 Å². The second kappa shape index (κ2) is 6.51. The maximum atomic E-state index is 11.9. The number of nitro benzene ring substituents is 1. The lowest BCUT2D eigenvalue weighted by atomic mass is 10.2. The average Bonchev–Trinajstić information content (AvgIpc) is 2.94. The first-order valence-corrected chi connectivity index (χ1v) is 6.27. The Morgan fingerprint density at radius 2 is 1.88 bits per heavy atom. The Balaban J connectivity index is 2.18. The second-order valence-electron chi connectivity index (χ2n) is 4.42. The molecule has 0 saturated carbocycles. The van der Waals surface area contributed by atoms with Crippen LogP contribution in [0.15, 0.2) is 35.6 Å². The number of nitrogens with two attached hydrogens (primary N) is 1. The van der Waals surface area contributed by atoms with Gasteiger partial charge in [-0.2, -0.15) is 5.10 Å². The number of hydrogen-bond donors (Lipinski definition) is 1. The minimum absolute atomic E-state index is 0.144. The smallest absolute Gasteiger partial charge is 0.380 e. The number of carbonyl (C=O) groups is 1. The minimum Gasteiger partial charge on any atom is -0.380 e. The number of amidine groups is 1. The molecule has 2 aromatic rings. The molecule has 1 aromatic heterocycles. The van der Waals surface area contributed by atoms with Gasteiger partial charge in [0.15, 0.2) is 5.84 Å². The molecule has 12 nitrogen and oxygen atoms in total. The third-order valence-corrected chi connectivity index (χ3v) is 2.91. The van der Waals surface area contributed by atoms with E-state index in [9.17, 15) is 25.0 Å². The fraction of sp³-hybridized carbons (Fsp3) is 0.0833. The van der Waals surface area contributed by atoms with Crippen LogP contribution in [0.3, 0.4) is 0 Å². The Morgan fingerprint density at radius 3 is 2.42 bits per heavy atom. The van der Waals surface area contributed by atoms with Crippen LogP contribution in [0, 0.1) is 20.2 Å². The van der Waals surface area contributed by atoms with Gasteiger partial charge in [0.25, 0.3) is 5.69 Å². The van der Waals surface area contributed by atoms with Crippen LogP contribution in [0.1, 0.15) is 16.1 Å². The molecule has 1 heterocycles. The van der Waals surface area contributed by atoms with Crippen molar-refractivity contribution in [3.63, 3.8) is 0 Å². The third kappa shape index (κ3) is 3.32. The monoisotopic (exact) mass is 334 g/mol. The molecule has 12 heteroatoms. The van der Waals surface area contributed by atoms with E-state index in [1.165, 1.54) is 31.3 Å². The largest absolute Gasteiger partial charge is 0.390 e. The first-order chi connectivity index (χ1) is 11.3. The van der Waals surface area contributed by atoms with Crippen molar-refractivity contribution in [1.29, 1.82) is 0 Å². The van der Waals surface area contributed by atoms with E-state index >= 15 is 0 Å². The normalized spacial score (nSPS) is 11.1. The zero-order chi connectivity index (χ0) is 17.9. The molecule has 2 rings (SSSR count). The quantitative estimate of drug-likeness (QED) is 0.274. The van der Waals surface area contributed by atoms with E-state index in [-0.39, 0.29) is 17.1 Å². The lowest BCUT2D eigenvalue weighted by Gasteiger charge is -2.01. The van der Waals surface area contributed by atoms with Gasteiger partial charge in [0, 0.05) is 24.7 Å². The highest BCUT2D eigenvalue weighted by atomic mass is 16.7. The molecule has 0 spiro atoms. The van der Waals surface area contributed by atoms with Crippen LogP contribution in [0.4, 0.5) is 11.4 Å². The summed E-state index contributed by atoms with van der Waals surface area (Å²) < 4.78 is 0.970. The molecule has 0 amide bonds. The highest BCUT2D eigenvalue weighted by molar-refractivity contribution is 5.98. The summed E-state index contributed by atoms with van der Waals surface area (Å²) in [5.41, 5.74) is 4.79. The molecule has 0 unspecified atom stereocenters. The number of hydrogen-bond acceptors (Lipinski definition) is 8. The number of aromatic nitrogens is 2. The van der Waals surface area contributed by atoms with Crippen LogP contribution in [-0.4, -0.2) is 31.4 Å². The summed E-state index contributed by atoms with van der Waals surface area (Å²) in [6.07, 6.45) is 0.903. The average molecular weight is 334 g/mol. The number of benzene rings is 1. The van der Waals surface area contributed by atoms with Gasteiger partial charge in [0.05, 0.1) is 9.85 Å². The second-order valence-corrected chi connectivity index (χ2v) is 4.42. The van der Waals surface area contributed by atoms with E-state index in [4.69, 9.17) is 5.73 Å². The van der Waals surface area contributed by atoms with Gasteiger partial charge in [-0.25, -0.2) is 4.79 Å². The lowest BCUT2D eigenvalue weighted by Crippen LogP contribution is -2.16. The number of nitrogens with zero attached hydrogens (tertiary/aromatic N) is 5. The first kappa shape index (κ1) is 16.5. The lowest BCUT2D eigenvalue weighted by molar-refractivity contribution is -0.385. The number of oxime groups is 1. The molecule has 0 saturated heterocycles. The van der Waals surface area contributed by atoms with Crippen LogP contribution in [0.25, 0.3) is 0 Å². The minimum atomic E-state index is -1.12. The van der Waals surface area contributed by atoms with E-state index in [0.717, 1.165) is 10.9 Å². The summed E-state index contributed by atoms with van der Waals surface area (Å²) in [7, 11) is 1.33. The molecule has 0 fully saturated rings. The molecular formula is C12H10N6O6. The Morgan fingerprint density at radius 1 is 1.25 bits per heavy atom. The molecule has 24 heavy (non-hydrogen) atoms. The third-order valence-electron chi connectivity index (χ3n) is 2.91. The summed E-state index contributed by atoms with van der Waals surface area (Å²) in [5.74, 6) is -1.35. The number of nitro groups is 2. The van der Waals surface area contributed by atoms with Crippen molar-refractivity contribution >= 4 is 23.2 Å². The Bertz CT molecular complexity index is 840. The molecule has 2 N–H and O–H groups in total. The van der Waals surface area contributed by atoms with Crippen molar-refractivity contribution in [2.75, 3.05) is 0 Å². The van der Waals surface area contributed by atoms with Gasteiger partial charge in [-0.05, 0) is 12.1 Å². The van der Waals surface area contributed by atoms with Crippen molar-refractivity contribution in [3.05, 3.63) is 61.9 Å². The highest BCUT2D eigenvalue weighted by Crippen LogP contribution is 2.18. The highest BCUT2D eigenvalue weighted by Gasteiger charge is 2.27. The molecule has 0 aliphatic heterocycles. The van der Waals surface area contributed by atoms with E-state index in [2.05, 4.69) is 15.1 Å². The van der Waals surface area contributed by atoms with Crippen LogP contribution < -0.4 is 5.73 Å². The topological polar surface area (TPSA) is 169 Å². The molecule has 124 valence electrons. The predicted molar refractivity (Wildman–Crippen MR) is 79.1 cm³/mol. The van der Waals surface area contributed by atoms with Crippen molar-refractivity contribution in [3.8, 4) is 0 Å². The van der Waals surface area contributed by atoms with E-state index in [1.807, 2.05) is 0 Å². The zero-order valence-electron chi connectivity index (χ0n) is 12.1. The summed E-state index contributed by atoms with van der Waals surface area (Å²) in [5, 5.41) is 28.4. The number of non-ortho nitro benzene ring substituents is 1. The molecule has 0 radical (unpaired) electrons. The predicted octanol–water partition coefficient (Wildman–Crippen LogP) is 0.714. The van der Waals surface area contributed by atoms with Gasteiger partial charge >= 0.3 is 11.7 Å². The van der Waals surface area contributed by atoms with Crippen molar-refractivity contribution < 1.29 is 19.5 Å². The van der Waals surface area contributed by atoms with E-state index in [0.29, 0.717) is 0 Å². The zero-order valence-corrected chi connectivity index (χ0v) is 12.1. The fourth-order valence-electron chi connectivity index (χ4n) is 1.74. The standard InChI is InChI=1S/C12H10N6O6/c1-16-10(9(6-14-16)18(22)23)12(19)24-15-11(13)7-2-4-8(5-3-7)17(20)21/h2-6H,1H3,(H2,13,15). The van der Waals surface area contributed by atoms with Gasteiger partial charge in [-0.1, -0.05) is 5.16 Å². The van der Waals surface area contributed by atoms with Crippen LogP contribution in [0.2, 0.25) is 0 Å². The Kier molecular flexibility index (Phi) is 4.49. The summed E-state index contributed by atoms with van der Waals surface area (Å²) in [6, 6.07) is 5.03. The fourth-order valence-corrected chi connectivity index (χ4v) is 1.74. The molecule has 0 atom stereocenters. The molecule has 0 aliphatic carbocycles. The summed E-state index contributed by atoms with van der Waals surface area (Å²) in [4.78, 5) is 36.5. The maximum absolute atomic E-state index is 11.9. The SMILES string of the molecule is Cn1ncc([N+](=O)[O-])c1C(=O)O/N=C(\N)c1ccc([N+](=O)[O-])cc1. The number of carbonyl (C=O) groups excluding carboxylic acids is 1. The molecule has 1 aromatic carbocycles.